The molecular formula is C41H41N5O9. The Morgan fingerprint density at radius 1 is 0.891 bits per heavy atom. The molecule has 0 aliphatic heterocycles. The monoisotopic (exact) mass is 747 g/mol. The molecular weight excluding hydrogens is 706 g/mol. The van der Waals surface area contributed by atoms with E-state index in [4.69, 9.17) is 10.5 Å². The number of ketones is 2. The number of fused-ring (bicyclic) bond motifs is 2. The molecule has 55 heavy (non-hydrogen) atoms. The maximum absolute atomic E-state index is 14.3. The van der Waals surface area contributed by atoms with Gasteiger partial charge < -0.3 is 36.4 Å². The lowest BCUT2D eigenvalue weighted by Gasteiger charge is -2.50. The number of likely N-dealkylation sites (N-methyl/N-ethyl adjacent to an activating group) is 1. The number of nitrogens with one attached hydrogen (secondary N) is 3. The van der Waals surface area contributed by atoms with Gasteiger partial charge in [-0.05, 0) is 62.2 Å². The molecule has 0 radical (unpaired) electrons. The summed E-state index contributed by atoms with van der Waals surface area (Å²) in [4.78, 5) is 68.6. The van der Waals surface area contributed by atoms with E-state index in [1.165, 1.54) is 31.1 Å². The molecule has 0 unspecified atom stereocenters. The van der Waals surface area contributed by atoms with Crippen molar-refractivity contribution in [1.29, 1.82) is 0 Å². The highest BCUT2D eigenvalue weighted by Crippen LogP contribution is 2.51. The van der Waals surface area contributed by atoms with Gasteiger partial charge >= 0.3 is 12.1 Å². The van der Waals surface area contributed by atoms with Crippen molar-refractivity contribution in [1.82, 2.24) is 4.90 Å². The fourth-order valence-electron chi connectivity index (χ4n) is 7.84. The lowest BCUT2D eigenvalue weighted by atomic mass is 9.61. The molecule has 0 bridgehead atoms. The maximum Gasteiger partial charge on any atom is 0.411 e. The Morgan fingerprint density at radius 2 is 1.53 bits per heavy atom. The van der Waals surface area contributed by atoms with Gasteiger partial charge in [0.1, 0.15) is 23.0 Å². The van der Waals surface area contributed by atoms with Crippen LogP contribution >= 0.6 is 0 Å². The van der Waals surface area contributed by atoms with Crippen LogP contribution in [-0.2, 0) is 14.3 Å². The number of aliphatic hydroxyl groups excluding tert-OH is 1. The minimum absolute atomic E-state index is 0.0687. The Balaban J connectivity index is 1.39. The number of carbonyl (C=O) groups excluding carboxylic acids is 5. The molecule has 14 heteroatoms. The first-order valence-corrected chi connectivity index (χ1v) is 17.4. The summed E-state index contributed by atoms with van der Waals surface area (Å²) in [5.74, 6) is -7.96. The number of benzene rings is 4. The molecule has 0 aromatic heterocycles. The van der Waals surface area contributed by atoms with Gasteiger partial charge in [0.2, 0.25) is 5.78 Å². The summed E-state index contributed by atoms with van der Waals surface area (Å²) in [5, 5.41) is 44.5. The van der Waals surface area contributed by atoms with Crippen LogP contribution in [0.1, 0.15) is 35.7 Å². The number of aliphatic hydroxyl groups is 2. The van der Waals surface area contributed by atoms with Crippen LogP contribution in [0.15, 0.2) is 108 Å². The van der Waals surface area contributed by atoms with Gasteiger partial charge in [-0.25, -0.2) is 9.59 Å². The first-order chi connectivity index (χ1) is 26.0. The molecule has 284 valence electrons. The number of para-hydroxylation sites is 1. The van der Waals surface area contributed by atoms with Crippen molar-refractivity contribution in [3.8, 4) is 5.75 Å². The number of anilines is 3. The number of rotatable bonds is 8. The van der Waals surface area contributed by atoms with Gasteiger partial charge in [0.05, 0.1) is 28.9 Å². The molecule has 4 aromatic rings. The zero-order valence-corrected chi connectivity index (χ0v) is 30.5. The Kier molecular flexibility index (Phi) is 10.2. The second kappa shape index (κ2) is 14.7. The molecule has 0 heterocycles. The van der Waals surface area contributed by atoms with Crippen LogP contribution in [0.5, 0.6) is 5.75 Å². The number of amides is 4. The van der Waals surface area contributed by atoms with E-state index in [0.717, 1.165) is 17.7 Å². The zero-order chi connectivity index (χ0) is 39.9. The Bertz CT molecular complexity index is 2280. The maximum atomic E-state index is 14.3. The van der Waals surface area contributed by atoms with Crippen LogP contribution in [0.2, 0.25) is 0 Å². The molecule has 2 aliphatic carbocycles. The molecule has 4 amide bonds. The van der Waals surface area contributed by atoms with Gasteiger partial charge in [-0.2, -0.15) is 0 Å². The molecule has 0 spiro atoms. The van der Waals surface area contributed by atoms with Crippen LogP contribution in [0.25, 0.3) is 10.8 Å². The topological polar surface area (TPSA) is 221 Å². The Morgan fingerprint density at radius 3 is 2.20 bits per heavy atom. The quantitative estimate of drug-likeness (QED) is 0.0686. The lowest BCUT2D eigenvalue weighted by Crippen LogP contribution is -2.64. The SMILES string of the molecule is C=C1C(=O)c2c(ccc(NC(=O)Nc3cccc4ccccc34)c2O)[C@H](C)[C@H]1[C@H](OC(=O)Nc1ccccc1)[C@H]1[C@H](N(C)C)C(O)=C(C(N)=O)C(=O)[C@]1(C)O. The molecule has 8 N–H and O–H groups in total. The standard InChI is InChI=1S/C41H41N5O9/c1-20-24-18-19-27(45-39(52)44-26-17-11-13-22-12-9-10-16-25(22)26)34(48)29(24)33(47)21(2)28(20)36(55-40(53)43-23-14-7-6-8-15-23)31-32(46(4)5)35(49)30(38(42)51)37(50)41(31,3)54/h6-20,28,31-32,36,48-49,54H,2H2,1,3-5H3,(H2,42,51)(H,43,53)(H2,44,45,52)/t20-,28+,31+,32-,36-,41+/m0/s1. The highest BCUT2D eigenvalue weighted by molar-refractivity contribution is 6.23. The second-order valence-corrected chi connectivity index (χ2v) is 14.1. The largest absolute Gasteiger partial charge is 0.510 e. The van der Waals surface area contributed by atoms with E-state index in [1.807, 2.05) is 30.3 Å². The number of hydrogen-bond donors (Lipinski definition) is 7. The van der Waals surface area contributed by atoms with Crippen LogP contribution < -0.4 is 21.7 Å². The molecule has 14 nitrogen and oxygen atoms in total. The fraction of sp³-hybridized carbons (Fsp3) is 0.244. The average molecular weight is 748 g/mol. The van der Waals surface area contributed by atoms with Gasteiger partial charge in [-0.1, -0.05) is 74.2 Å². The Labute approximate surface area is 316 Å². The second-order valence-electron chi connectivity index (χ2n) is 14.1. The third kappa shape index (κ3) is 6.88. The minimum Gasteiger partial charge on any atom is -0.510 e. The smallest absolute Gasteiger partial charge is 0.411 e. The van der Waals surface area contributed by atoms with Crippen molar-refractivity contribution >= 4 is 57.4 Å². The first-order valence-electron chi connectivity index (χ1n) is 17.4. The number of phenolic OH excluding ortho intramolecular Hbond substituents is 1. The van der Waals surface area contributed by atoms with E-state index in [2.05, 4.69) is 22.5 Å². The zero-order valence-electron chi connectivity index (χ0n) is 30.5. The lowest BCUT2D eigenvalue weighted by molar-refractivity contribution is -0.155. The van der Waals surface area contributed by atoms with Crippen LogP contribution in [0, 0.1) is 11.8 Å². The number of nitrogens with two attached hydrogens (primary N) is 1. The van der Waals surface area contributed by atoms with Crippen molar-refractivity contribution in [3.05, 3.63) is 120 Å². The predicted octanol–water partition coefficient (Wildman–Crippen LogP) is 5.46. The number of carbonyl (C=O) groups is 5. The number of nitrogens with zero attached hydrogens (tertiary/aromatic N) is 1. The summed E-state index contributed by atoms with van der Waals surface area (Å²) in [6.07, 6.45) is -2.59. The molecule has 6 atom stereocenters. The summed E-state index contributed by atoms with van der Waals surface area (Å²) in [7, 11) is 3.03. The highest BCUT2D eigenvalue weighted by Gasteiger charge is 2.60. The number of phenols is 1. The van der Waals surface area contributed by atoms with Crippen molar-refractivity contribution in [3.63, 3.8) is 0 Å². The summed E-state index contributed by atoms with van der Waals surface area (Å²) in [5.41, 5.74) is 2.97. The summed E-state index contributed by atoms with van der Waals surface area (Å²) in [6.45, 7) is 6.85. The van der Waals surface area contributed by atoms with E-state index in [0.29, 0.717) is 11.4 Å². The normalized spacial score (nSPS) is 22.9. The van der Waals surface area contributed by atoms with E-state index in [-0.39, 0.29) is 22.4 Å². The van der Waals surface area contributed by atoms with Crippen LogP contribution in [0.4, 0.5) is 26.7 Å². The van der Waals surface area contributed by atoms with Gasteiger partial charge in [0.15, 0.2) is 11.5 Å². The number of aromatic hydroxyl groups is 1. The number of ether oxygens (including phenoxy) is 1. The van der Waals surface area contributed by atoms with Gasteiger partial charge in [0, 0.05) is 22.6 Å². The summed E-state index contributed by atoms with van der Waals surface area (Å²) in [6, 6.07) is 22.1. The van der Waals surface area contributed by atoms with E-state index in [1.54, 1.807) is 49.4 Å². The average Bonchev–Trinajstić information content (AvgIpc) is 3.13. The van der Waals surface area contributed by atoms with E-state index < -0.39 is 82.2 Å². The third-order valence-corrected chi connectivity index (χ3v) is 10.4. The molecule has 4 aromatic carbocycles. The predicted molar refractivity (Wildman–Crippen MR) is 206 cm³/mol. The molecule has 0 fully saturated rings. The highest BCUT2D eigenvalue weighted by atomic mass is 16.6. The summed E-state index contributed by atoms with van der Waals surface area (Å²) < 4.78 is 6.06. The number of Topliss-reactive ketones (excluding diaryl/α,β-unsaturated/α-hetero) is 2. The van der Waals surface area contributed by atoms with Gasteiger partial charge in [-0.3, -0.25) is 24.6 Å². The Hall–Kier alpha value is -6.51. The fourth-order valence-corrected chi connectivity index (χ4v) is 7.84. The molecule has 6 rings (SSSR count). The number of hydrogen-bond acceptors (Lipinski definition) is 10. The molecule has 0 saturated heterocycles. The number of urea groups is 1. The molecule has 0 saturated carbocycles. The van der Waals surface area contributed by atoms with Crippen molar-refractivity contribution in [2.24, 2.45) is 17.6 Å². The van der Waals surface area contributed by atoms with Crippen molar-refractivity contribution < 1.29 is 44.0 Å². The van der Waals surface area contributed by atoms with Gasteiger partial charge in [0.25, 0.3) is 5.91 Å². The number of primary amides is 1. The summed E-state index contributed by atoms with van der Waals surface area (Å²) >= 11 is 0. The first kappa shape index (κ1) is 38.2. The van der Waals surface area contributed by atoms with Crippen LogP contribution in [-0.4, -0.2) is 81.7 Å². The van der Waals surface area contributed by atoms with Crippen molar-refractivity contribution in [2.45, 2.75) is 37.5 Å². The van der Waals surface area contributed by atoms with Crippen molar-refractivity contribution in [2.75, 3.05) is 30.0 Å². The van der Waals surface area contributed by atoms with Gasteiger partial charge in [-0.15, -0.1) is 0 Å². The van der Waals surface area contributed by atoms with Crippen LogP contribution in [0.3, 0.4) is 0 Å². The molecule has 2 aliphatic rings. The minimum atomic E-state index is -2.49. The van der Waals surface area contributed by atoms with E-state index >= 15 is 0 Å². The third-order valence-electron chi connectivity index (χ3n) is 10.4. The van der Waals surface area contributed by atoms with E-state index in [9.17, 15) is 39.3 Å².